The van der Waals surface area contributed by atoms with Crippen LogP contribution < -0.4 is 16.0 Å². The molecule has 210 valence electrons. The second-order valence-corrected chi connectivity index (χ2v) is 9.35. The average Bonchev–Trinajstić information content (AvgIpc) is 2.84. The van der Waals surface area contributed by atoms with Gasteiger partial charge in [-0.25, -0.2) is 4.79 Å². The Kier molecular flexibility index (Phi) is 12.6. The van der Waals surface area contributed by atoms with Gasteiger partial charge < -0.3 is 46.2 Å². The third-order valence-corrected chi connectivity index (χ3v) is 5.08. The zero-order chi connectivity index (χ0) is 29.0. The third-order valence-electron chi connectivity index (χ3n) is 5.08. The molecule has 14 nitrogen and oxygen atoms in total. The lowest BCUT2D eigenvalue weighted by Gasteiger charge is -2.30. The quantitative estimate of drug-likeness (QED) is 0.147. The first-order chi connectivity index (χ1) is 17.7. The molecule has 0 spiro atoms. The topological polar surface area (TPSA) is 239 Å². The fourth-order valence-corrected chi connectivity index (χ4v) is 3.22. The summed E-state index contributed by atoms with van der Waals surface area (Å²) < 4.78 is 5.03. The van der Waals surface area contributed by atoms with Gasteiger partial charge in [-0.3, -0.25) is 14.4 Å². The summed E-state index contributed by atoms with van der Waals surface area (Å²) in [4.78, 5) is 48.4. The smallest absolute Gasteiger partial charge is 0.408 e. The summed E-state index contributed by atoms with van der Waals surface area (Å²) in [5, 5.41) is 65.5. The van der Waals surface area contributed by atoms with Crippen molar-refractivity contribution in [2.75, 3.05) is 6.61 Å². The van der Waals surface area contributed by atoms with Crippen molar-refractivity contribution >= 4 is 23.9 Å². The maximum Gasteiger partial charge on any atom is 0.408 e. The highest BCUT2D eigenvalue weighted by Crippen LogP contribution is 2.17. The molecule has 0 unspecified atom stereocenters. The zero-order valence-corrected chi connectivity index (χ0v) is 21.2. The fraction of sp³-hybridized carbons (Fsp3) is 0.542. The van der Waals surface area contributed by atoms with Gasteiger partial charge in [0.1, 0.15) is 23.9 Å². The van der Waals surface area contributed by atoms with Crippen LogP contribution in [0.5, 0.6) is 0 Å². The molecule has 0 bridgehead atoms. The van der Waals surface area contributed by atoms with Crippen molar-refractivity contribution in [2.45, 2.75) is 75.7 Å². The highest BCUT2D eigenvalue weighted by atomic mass is 16.6. The molecular weight excluding hydrogens is 504 g/mol. The summed E-state index contributed by atoms with van der Waals surface area (Å²) in [7, 11) is 0. The number of ether oxygens (including phenoxy) is 1. The molecule has 1 aromatic rings. The number of benzene rings is 1. The van der Waals surface area contributed by atoms with Crippen LogP contribution in [0.4, 0.5) is 4.79 Å². The fourth-order valence-electron chi connectivity index (χ4n) is 3.22. The second-order valence-electron chi connectivity index (χ2n) is 9.35. The highest BCUT2D eigenvalue weighted by Gasteiger charge is 2.37. The predicted molar refractivity (Wildman–Crippen MR) is 130 cm³/mol. The largest absolute Gasteiger partial charge is 0.481 e. The third kappa shape index (κ3) is 10.7. The molecule has 0 radical (unpaired) electrons. The first-order valence-electron chi connectivity index (χ1n) is 11.6. The van der Waals surface area contributed by atoms with Crippen molar-refractivity contribution in [3.05, 3.63) is 35.9 Å². The minimum Gasteiger partial charge on any atom is -0.481 e. The number of nitrogens with one attached hydrogen (secondary N) is 3. The van der Waals surface area contributed by atoms with E-state index in [4.69, 9.17) is 15.1 Å². The van der Waals surface area contributed by atoms with E-state index in [1.54, 1.807) is 57.2 Å². The van der Waals surface area contributed by atoms with Gasteiger partial charge in [0.2, 0.25) is 5.91 Å². The van der Waals surface area contributed by atoms with Gasteiger partial charge in [0.25, 0.3) is 5.91 Å². The Bertz CT molecular complexity index is 992. The lowest BCUT2D eigenvalue weighted by atomic mass is 9.99. The molecular formula is C24H34N4O10. The summed E-state index contributed by atoms with van der Waals surface area (Å²) in [5.74, 6) is -3.49. The summed E-state index contributed by atoms with van der Waals surface area (Å²) in [6.07, 6.45) is -8.66. The van der Waals surface area contributed by atoms with Crippen molar-refractivity contribution in [1.29, 1.82) is 5.26 Å². The number of amides is 3. The number of carbonyl (C=O) groups excluding carboxylic acids is 3. The molecule has 1 aromatic carbocycles. The Labute approximate surface area is 219 Å². The monoisotopic (exact) mass is 538 g/mol. The van der Waals surface area contributed by atoms with Crippen LogP contribution in [-0.2, 0) is 19.1 Å². The SMILES string of the molecule is CC(C)(C)OC(=O)N[C@@H](CC#N)C(=O)N[C@@H](CO)[C@@H](O)[C@@H](O)[C@H](O)C(=O)N[C@@H](CC(=O)O)c1ccccc1. The minimum atomic E-state index is -2.29. The predicted octanol–water partition coefficient (Wildman–Crippen LogP) is -1.31. The van der Waals surface area contributed by atoms with Crippen molar-refractivity contribution in [3.63, 3.8) is 0 Å². The van der Waals surface area contributed by atoms with Crippen LogP contribution in [0.1, 0.15) is 45.2 Å². The number of aliphatic hydroxyl groups is 4. The van der Waals surface area contributed by atoms with E-state index in [2.05, 4.69) is 16.0 Å². The summed E-state index contributed by atoms with van der Waals surface area (Å²) in [6, 6.07) is 5.52. The van der Waals surface area contributed by atoms with Crippen molar-refractivity contribution in [3.8, 4) is 6.07 Å². The number of rotatable bonds is 13. The molecule has 0 saturated heterocycles. The number of carboxylic acids is 1. The van der Waals surface area contributed by atoms with Gasteiger partial charge in [0, 0.05) is 0 Å². The lowest BCUT2D eigenvalue weighted by Crippen LogP contribution is -2.59. The molecule has 8 N–H and O–H groups in total. The Morgan fingerprint density at radius 1 is 0.974 bits per heavy atom. The van der Waals surface area contributed by atoms with Crippen LogP contribution in [0.3, 0.4) is 0 Å². The minimum absolute atomic E-state index is 0.409. The van der Waals surface area contributed by atoms with Gasteiger partial charge in [-0.2, -0.15) is 5.26 Å². The second kappa shape index (κ2) is 14.8. The molecule has 1 rings (SSSR count). The molecule has 0 fully saturated rings. The number of carboxylic acid groups (broad SMARTS) is 1. The van der Waals surface area contributed by atoms with E-state index in [1.165, 1.54) is 0 Å². The van der Waals surface area contributed by atoms with Crippen LogP contribution >= 0.6 is 0 Å². The number of hydrogen-bond acceptors (Lipinski definition) is 10. The maximum atomic E-state index is 12.6. The first-order valence-corrected chi connectivity index (χ1v) is 11.6. The van der Waals surface area contributed by atoms with Gasteiger partial charge >= 0.3 is 12.1 Å². The Morgan fingerprint density at radius 2 is 1.58 bits per heavy atom. The van der Waals surface area contributed by atoms with Crippen molar-refractivity contribution < 1.29 is 49.4 Å². The number of aliphatic carboxylic acids is 1. The molecule has 14 heteroatoms. The Hall–Kier alpha value is -3.77. The molecule has 0 saturated carbocycles. The van der Waals surface area contributed by atoms with Gasteiger partial charge in [-0.05, 0) is 26.3 Å². The molecule has 0 aliphatic heterocycles. The van der Waals surface area contributed by atoms with Crippen LogP contribution in [0, 0.1) is 11.3 Å². The summed E-state index contributed by atoms with van der Waals surface area (Å²) in [6.45, 7) is 3.78. The summed E-state index contributed by atoms with van der Waals surface area (Å²) >= 11 is 0. The number of aliphatic hydroxyl groups excluding tert-OH is 4. The average molecular weight is 539 g/mol. The summed E-state index contributed by atoms with van der Waals surface area (Å²) in [5.41, 5.74) is -0.487. The molecule has 0 aliphatic carbocycles. The van der Waals surface area contributed by atoms with Crippen LogP contribution in [0.25, 0.3) is 0 Å². The molecule has 0 heterocycles. The van der Waals surface area contributed by atoms with Crippen molar-refractivity contribution in [1.82, 2.24) is 16.0 Å². The van der Waals surface area contributed by atoms with Crippen LogP contribution in [0.2, 0.25) is 0 Å². The van der Waals surface area contributed by atoms with E-state index in [1.807, 2.05) is 0 Å². The van der Waals surface area contributed by atoms with E-state index in [0.717, 1.165) is 0 Å². The van der Waals surface area contributed by atoms with Gasteiger partial charge in [0.15, 0.2) is 6.10 Å². The molecule has 6 atom stereocenters. The first kappa shape index (κ1) is 32.3. The van der Waals surface area contributed by atoms with E-state index >= 15 is 0 Å². The van der Waals surface area contributed by atoms with Crippen LogP contribution in [0.15, 0.2) is 30.3 Å². The van der Waals surface area contributed by atoms with Gasteiger partial charge in [-0.1, -0.05) is 30.3 Å². The number of hydrogen-bond donors (Lipinski definition) is 8. The Balaban J connectivity index is 2.90. The van der Waals surface area contributed by atoms with Gasteiger partial charge in [-0.15, -0.1) is 0 Å². The zero-order valence-electron chi connectivity index (χ0n) is 21.2. The normalized spacial score (nSPS) is 15.9. The molecule has 0 aromatic heterocycles. The van der Waals surface area contributed by atoms with E-state index < -0.39 is 85.4 Å². The maximum absolute atomic E-state index is 12.6. The molecule has 0 aliphatic rings. The Morgan fingerprint density at radius 3 is 2.08 bits per heavy atom. The number of nitrogens with zero attached hydrogens (tertiary/aromatic N) is 1. The van der Waals surface area contributed by atoms with Gasteiger partial charge in [0.05, 0.1) is 37.6 Å². The molecule has 38 heavy (non-hydrogen) atoms. The lowest BCUT2D eigenvalue weighted by molar-refractivity contribution is -0.145. The van der Waals surface area contributed by atoms with E-state index in [-0.39, 0.29) is 0 Å². The number of alkyl carbamates (subject to hydrolysis) is 1. The van der Waals surface area contributed by atoms with Crippen molar-refractivity contribution in [2.24, 2.45) is 0 Å². The van der Waals surface area contributed by atoms with E-state index in [9.17, 15) is 39.6 Å². The highest BCUT2D eigenvalue weighted by molar-refractivity contribution is 5.86. The van der Waals surface area contributed by atoms with Crippen LogP contribution in [-0.4, -0.2) is 92.0 Å². The molecule has 3 amide bonds. The number of nitriles is 1. The van der Waals surface area contributed by atoms with E-state index in [0.29, 0.717) is 5.56 Å². The number of carbonyl (C=O) groups is 4. The standard InChI is InChI=1S/C24H34N4O10/c1-24(2,3)38-23(37)28-14(9-10-25)21(35)27-16(12-29)18(32)19(33)20(34)22(36)26-15(11-17(30)31)13-7-5-4-6-8-13/h4-8,14-16,18-20,29,32-34H,9,11-12H2,1-3H3,(H,26,36)(H,27,35)(H,28,37)(H,30,31)/t14-,15-,16-,18+,19+,20-/m0/s1.